The van der Waals surface area contributed by atoms with Crippen LogP contribution in [0.3, 0.4) is 0 Å². The van der Waals surface area contributed by atoms with Gasteiger partial charge in [-0.1, -0.05) is 25.7 Å². The van der Waals surface area contributed by atoms with Gasteiger partial charge in [-0.2, -0.15) is 0 Å². The molecule has 10 heavy (non-hydrogen) atoms. The Bertz CT molecular complexity index is 101. The molecule has 0 heteroatoms. The molecular weight excluding hydrogens is 120 g/mol. The summed E-state index contributed by atoms with van der Waals surface area (Å²) in [6, 6.07) is 0. The molecule has 0 heterocycles. The normalized spacial score (nSPS) is 31.2. The highest BCUT2D eigenvalue weighted by Crippen LogP contribution is 2.49. The number of hydrogen-bond donors (Lipinski definition) is 0. The van der Waals surface area contributed by atoms with Gasteiger partial charge in [-0.25, -0.2) is 0 Å². The van der Waals surface area contributed by atoms with Crippen LogP contribution in [-0.4, -0.2) is 0 Å². The number of hydrogen-bond acceptors (Lipinski definition) is 0. The molecule has 0 bridgehead atoms. The molecule has 0 aromatic heterocycles. The molecule has 2 rings (SSSR count). The standard InChI is InChI=1S/C10H17/c1-2-4-7-10(6-3-1)8-5-9-10/h6H,1-5,7-9H2. The molecule has 0 amide bonds. The molecule has 2 aliphatic rings. The van der Waals surface area contributed by atoms with Crippen LogP contribution < -0.4 is 0 Å². The zero-order valence-electron chi connectivity index (χ0n) is 6.73. The fraction of sp³-hybridized carbons (Fsp3) is 0.900. The molecule has 0 nitrogen and oxygen atoms in total. The molecule has 0 aromatic carbocycles. The average molecular weight is 137 g/mol. The summed E-state index contributed by atoms with van der Waals surface area (Å²) in [4.78, 5) is 0. The molecular formula is C10H17. The summed E-state index contributed by atoms with van der Waals surface area (Å²) in [6.45, 7) is 0. The Hall–Kier alpha value is 0. The second-order valence-electron chi connectivity index (χ2n) is 4.02. The van der Waals surface area contributed by atoms with Gasteiger partial charge in [0.1, 0.15) is 0 Å². The Balaban J connectivity index is 1.92. The third kappa shape index (κ3) is 1.09. The van der Waals surface area contributed by atoms with Crippen LogP contribution in [0.2, 0.25) is 0 Å². The van der Waals surface area contributed by atoms with Crippen molar-refractivity contribution in [2.24, 2.45) is 5.41 Å². The van der Waals surface area contributed by atoms with Crippen molar-refractivity contribution in [1.29, 1.82) is 0 Å². The number of rotatable bonds is 0. The largest absolute Gasteiger partial charge is 0.0533 e. The molecule has 2 saturated carbocycles. The summed E-state index contributed by atoms with van der Waals surface area (Å²) in [5, 5.41) is 0. The van der Waals surface area contributed by atoms with Crippen molar-refractivity contribution in [3.63, 3.8) is 0 Å². The molecule has 0 N–H and O–H groups in total. The molecule has 0 atom stereocenters. The maximum Gasteiger partial charge on any atom is -0.0266 e. The Morgan fingerprint density at radius 2 is 1.60 bits per heavy atom. The molecule has 2 fully saturated rings. The van der Waals surface area contributed by atoms with Gasteiger partial charge in [0.05, 0.1) is 0 Å². The minimum absolute atomic E-state index is 0.760. The van der Waals surface area contributed by atoms with E-state index in [-0.39, 0.29) is 0 Å². The van der Waals surface area contributed by atoms with Crippen molar-refractivity contribution in [2.45, 2.75) is 51.4 Å². The zero-order valence-corrected chi connectivity index (χ0v) is 6.73. The van der Waals surface area contributed by atoms with E-state index in [1.807, 2.05) is 0 Å². The third-order valence-corrected chi connectivity index (χ3v) is 3.31. The second kappa shape index (κ2) is 2.56. The Morgan fingerprint density at radius 3 is 2.30 bits per heavy atom. The first kappa shape index (κ1) is 6.69. The minimum Gasteiger partial charge on any atom is -0.0533 e. The summed E-state index contributed by atoms with van der Waals surface area (Å²) in [5.74, 6) is 0. The molecule has 0 aliphatic heterocycles. The lowest BCUT2D eigenvalue weighted by Gasteiger charge is -2.41. The lowest BCUT2D eigenvalue weighted by atomic mass is 9.64. The topological polar surface area (TPSA) is 0 Å². The molecule has 2 aliphatic carbocycles. The van der Waals surface area contributed by atoms with Crippen LogP contribution in [0, 0.1) is 11.8 Å². The lowest BCUT2D eigenvalue weighted by molar-refractivity contribution is 0.163. The quantitative estimate of drug-likeness (QED) is 0.480. The first-order chi connectivity index (χ1) is 4.91. The summed E-state index contributed by atoms with van der Waals surface area (Å²) in [6.07, 6.45) is 14.5. The molecule has 57 valence electrons. The van der Waals surface area contributed by atoms with Gasteiger partial charge in [0.25, 0.3) is 0 Å². The molecule has 0 aromatic rings. The van der Waals surface area contributed by atoms with Gasteiger partial charge in [-0.05, 0) is 37.5 Å². The lowest BCUT2D eigenvalue weighted by Crippen LogP contribution is -2.28. The smallest absolute Gasteiger partial charge is 0.0266 e. The van der Waals surface area contributed by atoms with E-state index in [2.05, 4.69) is 6.42 Å². The van der Waals surface area contributed by atoms with Crippen molar-refractivity contribution in [3.05, 3.63) is 6.42 Å². The van der Waals surface area contributed by atoms with Crippen molar-refractivity contribution >= 4 is 0 Å². The monoisotopic (exact) mass is 137 g/mol. The SMILES string of the molecule is [CH]1CCCCCC12CCC2. The van der Waals surface area contributed by atoms with Crippen LogP contribution in [0.25, 0.3) is 0 Å². The van der Waals surface area contributed by atoms with Crippen LogP contribution in [0.15, 0.2) is 0 Å². The van der Waals surface area contributed by atoms with Gasteiger partial charge in [0, 0.05) is 0 Å². The molecule has 1 spiro atoms. The summed E-state index contributed by atoms with van der Waals surface area (Å²) < 4.78 is 0. The van der Waals surface area contributed by atoms with E-state index >= 15 is 0 Å². The summed E-state index contributed by atoms with van der Waals surface area (Å²) in [7, 11) is 0. The first-order valence-corrected chi connectivity index (χ1v) is 4.76. The highest BCUT2D eigenvalue weighted by molar-refractivity contribution is 4.99. The van der Waals surface area contributed by atoms with Crippen LogP contribution in [0.4, 0.5) is 0 Å². The molecule has 0 unspecified atom stereocenters. The predicted molar refractivity (Wildman–Crippen MR) is 43.7 cm³/mol. The van der Waals surface area contributed by atoms with Gasteiger partial charge < -0.3 is 0 Å². The van der Waals surface area contributed by atoms with Gasteiger partial charge in [0.15, 0.2) is 0 Å². The average Bonchev–Trinajstić information content (AvgIpc) is 2.08. The molecule has 0 saturated heterocycles. The van der Waals surface area contributed by atoms with E-state index in [0.29, 0.717) is 0 Å². The van der Waals surface area contributed by atoms with E-state index in [4.69, 9.17) is 0 Å². The maximum absolute atomic E-state index is 2.63. The summed E-state index contributed by atoms with van der Waals surface area (Å²) in [5.41, 5.74) is 0.760. The van der Waals surface area contributed by atoms with Crippen LogP contribution >= 0.6 is 0 Å². The van der Waals surface area contributed by atoms with Crippen molar-refractivity contribution < 1.29 is 0 Å². The van der Waals surface area contributed by atoms with E-state index in [9.17, 15) is 0 Å². The Kier molecular flexibility index (Phi) is 1.71. The van der Waals surface area contributed by atoms with Crippen LogP contribution in [-0.2, 0) is 0 Å². The maximum atomic E-state index is 2.63. The first-order valence-electron chi connectivity index (χ1n) is 4.76. The van der Waals surface area contributed by atoms with Gasteiger partial charge in [-0.3, -0.25) is 0 Å². The highest BCUT2D eigenvalue weighted by Gasteiger charge is 2.36. The van der Waals surface area contributed by atoms with Gasteiger partial charge in [0.2, 0.25) is 0 Å². The fourth-order valence-electron chi connectivity index (χ4n) is 2.39. The highest BCUT2D eigenvalue weighted by atomic mass is 14.4. The van der Waals surface area contributed by atoms with Gasteiger partial charge >= 0.3 is 0 Å². The molecule has 1 radical (unpaired) electrons. The van der Waals surface area contributed by atoms with Crippen LogP contribution in [0.5, 0.6) is 0 Å². The van der Waals surface area contributed by atoms with E-state index < -0.39 is 0 Å². The Labute approximate surface area is 64.0 Å². The summed E-state index contributed by atoms with van der Waals surface area (Å²) >= 11 is 0. The zero-order chi connectivity index (χ0) is 6.86. The van der Waals surface area contributed by atoms with E-state index in [1.165, 1.54) is 51.4 Å². The minimum atomic E-state index is 0.760. The second-order valence-corrected chi connectivity index (χ2v) is 4.02. The van der Waals surface area contributed by atoms with Crippen molar-refractivity contribution in [1.82, 2.24) is 0 Å². The van der Waals surface area contributed by atoms with E-state index in [0.717, 1.165) is 5.41 Å². The predicted octanol–water partition coefficient (Wildman–Crippen LogP) is 3.33. The van der Waals surface area contributed by atoms with Crippen molar-refractivity contribution in [2.75, 3.05) is 0 Å². The van der Waals surface area contributed by atoms with Crippen LogP contribution in [0.1, 0.15) is 51.4 Å². The fourth-order valence-corrected chi connectivity index (χ4v) is 2.39. The third-order valence-electron chi connectivity index (χ3n) is 3.31. The van der Waals surface area contributed by atoms with Gasteiger partial charge in [-0.15, -0.1) is 0 Å². The van der Waals surface area contributed by atoms with E-state index in [1.54, 1.807) is 0 Å². The Morgan fingerprint density at radius 1 is 0.800 bits per heavy atom. The van der Waals surface area contributed by atoms with Crippen molar-refractivity contribution in [3.8, 4) is 0 Å².